The predicted octanol–water partition coefficient (Wildman–Crippen LogP) is 2.36. The van der Waals surface area contributed by atoms with Gasteiger partial charge in [0.1, 0.15) is 0 Å². The second kappa shape index (κ2) is 7.34. The van der Waals surface area contributed by atoms with Crippen molar-refractivity contribution in [1.29, 1.82) is 0 Å². The lowest BCUT2D eigenvalue weighted by Crippen LogP contribution is -2.55. The first-order valence-electron chi connectivity index (χ1n) is 8.69. The largest absolute Gasteiger partial charge is 0.342 e. The van der Waals surface area contributed by atoms with Crippen molar-refractivity contribution in [1.82, 2.24) is 4.90 Å². The van der Waals surface area contributed by atoms with Crippen molar-refractivity contribution in [3.63, 3.8) is 0 Å². The van der Waals surface area contributed by atoms with Crippen LogP contribution in [-0.4, -0.2) is 42.4 Å². The fraction of sp³-hybridized carbons (Fsp3) is 0.579. The lowest BCUT2D eigenvalue weighted by Gasteiger charge is -2.43. The Kier molecular flexibility index (Phi) is 5.79. The van der Waals surface area contributed by atoms with Gasteiger partial charge in [-0.3, -0.25) is 9.59 Å². The molecule has 6 heteroatoms. The Morgan fingerprint density at radius 3 is 2.48 bits per heavy atom. The number of hydrogen-bond donors (Lipinski definition) is 1. The molecule has 2 saturated heterocycles. The summed E-state index contributed by atoms with van der Waals surface area (Å²) in [7, 11) is 0. The highest BCUT2D eigenvalue weighted by Gasteiger charge is 2.41. The number of carbonyl (C=O) groups excluding carboxylic acids is 2. The molecule has 2 heterocycles. The van der Waals surface area contributed by atoms with Crippen LogP contribution in [0.3, 0.4) is 0 Å². The van der Waals surface area contributed by atoms with Gasteiger partial charge in [0.05, 0.1) is 5.92 Å². The molecule has 5 nitrogen and oxygen atoms in total. The van der Waals surface area contributed by atoms with Crippen LogP contribution in [0.5, 0.6) is 0 Å². The minimum atomic E-state index is -0.246. The quantitative estimate of drug-likeness (QED) is 0.874. The van der Waals surface area contributed by atoms with Crippen molar-refractivity contribution in [2.75, 3.05) is 24.5 Å². The molecular formula is C19H28ClN3O2. The number of benzene rings is 1. The highest BCUT2D eigenvalue weighted by Crippen LogP contribution is 2.31. The van der Waals surface area contributed by atoms with Crippen molar-refractivity contribution in [3.8, 4) is 0 Å². The third kappa shape index (κ3) is 3.98. The Morgan fingerprint density at radius 1 is 1.24 bits per heavy atom. The second-order valence-corrected chi connectivity index (χ2v) is 7.88. The first kappa shape index (κ1) is 19.7. The molecule has 2 aliphatic heterocycles. The SMILES string of the molecule is Cc1ccc(N2CC(C(=O)N3CCC(N)C(C)(C)C3)CC2=O)cc1.Cl. The van der Waals surface area contributed by atoms with Gasteiger partial charge in [-0.05, 0) is 30.9 Å². The van der Waals surface area contributed by atoms with Gasteiger partial charge in [-0.1, -0.05) is 31.5 Å². The van der Waals surface area contributed by atoms with E-state index in [0.717, 1.165) is 17.7 Å². The average Bonchev–Trinajstić information content (AvgIpc) is 2.92. The molecule has 0 aliphatic carbocycles. The summed E-state index contributed by atoms with van der Waals surface area (Å²) in [6.07, 6.45) is 1.12. The molecule has 2 N–H and O–H groups in total. The van der Waals surface area contributed by atoms with Gasteiger partial charge in [-0.2, -0.15) is 0 Å². The van der Waals surface area contributed by atoms with Crippen molar-refractivity contribution in [3.05, 3.63) is 29.8 Å². The maximum atomic E-state index is 12.9. The van der Waals surface area contributed by atoms with E-state index < -0.39 is 0 Å². The van der Waals surface area contributed by atoms with E-state index in [1.54, 1.807) is 4.90 Å². The first-order chi connectivity index (χ1) is 11.3. The minimum Gasteiger partial charge on any atom is -0.342 e. The van der Waals surface area contributed by atoms with E-state index in [2.05, 4.69) is 13.8 Å². The zero-order chi connectivity index (χ0) is 17.5. The maximum Gasteiger partial charge on any atom is 0.228 e. The topological polar surface area (TPSA) is 66.6 Å². The molecule has 2 amide bonds. The Labute approximate surface area is 155 Å². The van der Waals surface area contributed by atoms with Crippen molar-refractivity contribution in [2.45, 2.75) is 39.7 Å². The van der Waals surface area contributed by atoms with Gasteiger partial charge in [0.15, 0.2) is 0 Å². The van der Waals surface area contributed by atoms with Gasteiger partial charge in [0.2, 0.25) is 11.8 Å². The summed E-state index contributed by atoms with van der Waals surface area (Å²) in [6.45, 7) is 8.07. The highest BCUT2D eigenvalue weighted by atomic mass is 35.5. The van der Waals surface area contributed by atoms with Gasteiger partial charge in [0, 0.05) is 37.8 Å². The maximum absolute atomic E-state index is 12.9. The number of rotatable bonds is 2. The molecule has 0 saturated carbocycles. The molecule has 0 spiro atoms. The molecule has 0 bridgehead atoms. The Hall–Kier alpha value is -1.59. The molecule has 138 valence electrons. The van der Waals surface area contributed by atoms with Gasteiger partial charge >= 0.3 is 0 Å². The third-order valence-corrected chi connectivity index (χ3v) is 5.44. The number of likely N-dealkylation sites (tertiary alicyclic amines) is 1. The van der Waals surface area contributed by atoms with Gasteiger partial charge in [-0.15, -0.1) is 12.4 Å². The van der Waals surface area contributed by atoms with Crippen LogP contribution in [-0.2, 0) is 9.59 Å². The molecule has 2 atom stereocenters. The number of carbonyl (C=O) groups is 2. The standard InChI is InChI=1S/C19H27N3O2.ClH/c1-13-4-6-15(7-5-13)22-11-14(10-17(22)23)18(24)21-9-8-16(20)19(2,3)12-21;/h4-7,14,16H,8-12,20H2,1-3H3;1H. The monoisotopic (exact) mass is 365 g/mol. The summed E-state index contributed by atoms with van der Waals surface area (Å²) in [5.41, 5.74) is 8.12. The smallest absolute Gasteiger partial charge is 0.228 e. The van der Waals surface area contributed by atoms with Crippen molar-refractivity contribution < 1.29 is 9.59 Å². The fourth-order valence-electron chi connectivity index (χ4n) is 3.67. The zero-order valence-electron chi connectivity index (χ0n) is 15.2. The summed E-state index contributed by atoms with van der Waals surface area (Å²) < 4.78 is 0. The van der Waals surface area contributed by atoms with E-state index in [0.29, 0.717) is 26.1 Å². The Bertz CT molecular complexity index is 645. The Morgan fingerprint density at radius 2 is 1.88 bits per heavy atom. The predicted molar refractivity (Wildman–Crippen MR) is 102 cm³/mol. The third-order valence-electron chi connectivity index (χ3n) is 5.44. The number of piperidine rings is 1. The molecule has 1 aromatic rings. The van der Waals surface area contributed by atoms with Gasteiger partial charge < -0.3 is 15.5 Å². The summed E-state index contributed by atoms with van der Waals surface area (Å²) >= 11 is 0. The number of halogens is 1. The van der Waals surface area contributed by atoms with E-state index in [1.807, 2.05) is 36.1 Å². The van der Waals surface area contributed by atoms with Crippen LogP contribution >= 0.6 is 12.4 Å². The minimum absolute atomic E-state index is 0. The van der Waals surface area contributed by atoms with Crippen molar-refractivity contribution >= 4 is 29.9 Å². The first-order valence-corrected chi connectivity index (χ1v) is 8.69. The lowest BCUT2D eigenvalue weighted by atomic mass is 9.79. The molecule has 2 fully saturated rings. The molecule has 0 aromatic heterocycles. The summed E-state index contributed by atoms with van der Waals surface area (Å²) in [6, 6.07) is 8.00. The number of hydrogen-bond acceptors (Lipinski definition) is 3. The number of nitrogens with zero attached hydrogens (tertiary/aromatic N) is 2. The van der Waals surface area contributed by atoms with E-state index in [-0.39, 0.29) is 41.6 Å². The van der Waals surface area contributed by atoms with Crippen LogP contribution in [0, 0.1) is 18.3 Å². The second-order valence-electron chi connectivity index (χ2n) is 7.88. The number of anilines is 1. The Balaban J connectivity index is 0.00000225. The van der Waals surface area contributed by atoms with Crippen LogP contribution in [0.4, 0.5) is 5.69 Å². The van der Waals surface area contributed by atoms with Crippen LogP contribution in [0.1, 0.15) is 32.3 Å². The lowest BCUT2D eigenvalue weighted by molar-refractivity contribution is -0.139. The average molecular weight is 366 g/mol. The summed E-state index contributed by atoms with van der Waals surface area (Å²) in [5.74, 6) is -0.118. The van der Waals surface area contributed by atoms with E-state index in [1.165, 1.54) is 0 Å². The van der Waals surface area contributed by atoms with E-state index in [4.69, 9.17) is 5.73 Å². The van der Waals surface area contributed by atoms with E-state index in [9.17, 15) is 9.59 Å². The summed E-state index contributed by atoms with van der Waals surface area (Å²) in [4.78, 5) is 28.9. The number of amides is 2. The van der Waals surface area contributed by atoms with Crippen LogP contribution in [0.15, 0.2) is 24.3 Å². The molecule has 0 radical (unpaired) electrons. The van der Waals surface area contributed by atoms with Crippen molar-refractivity contribution in [2.24, 2.45) is 17.1 Å². The molecule has 25 heavy (non-hydrogen) atoms. The molecular weight excluding hydrogens is 338 g/mol. The molecule has 2 aliphatic rings. The van der Waals surface area contributed by atoms with Crippen LogP contribution < -0.4 is 10.6 Å². The van der Waals surface area contributed by atoms with Crippen LogP contribution in [0.2, 0.25) is 0 Å². The zero-order valence-corrected chi connectivity index (χ0v) is 16.0. The normalized spacial score (nSPS) is 25.7. The number of nitrogens with two attached hydrogens (primary N) is 1. The highest BCUT2D eigenvalue weighted by molar-refractivity contribution is 6.00. The van der Waals surface area contributed by atoms with Crippen LogP contribution in [0.25, 0.3) is 0 Å². The summed E-state index contributed by atoms with van der Waals surface area (Å²) in [5, 5.41) is 0. The molecule has 1 aromatic carbocycles. The van der Waals surface area contributed by atoms with Gasteiger partial charge in [0.25, 0.3) is 0 Å². The number of aryl methyl sites for hydroxylation is 1. The van der Waals surface area contributed by atoms with E-state index >= 15 is 0 Å². The fourth-order valence-corrected chi connectivity index (χ4v) is 3.67. The van der Waals surface area contributed by atoms with Gasteiger partial charge in [-0.25, -0.2) is 0 Å². The molecule has 2 unspecified atom stereocenters. The molecule has 3 rings (SSSR count).